The summed E-state index contributed by atoms with van der Waals surface area (Å²) in [5, 5.41) is 7.14. The number of ether oxygens (including phenoxy) is 1. The Morgan fingerprint density at radius 3 is 2.14 bits per heavy atom. The first-order valence-electron chi connectivity index (χ1n) is 14.0. The molecule has 0 spiro atoms. The lowest BCUT2D eigenvalue weighted by Gasteiger charge is -2.30. The average Bonchev–Trinajstić information content (AvgIpc) is 2.95. The fourth-order valence-corrected chi connectivity index (χ4v) is 5.89. The summed E-state index contributed by atoms with van der Waals surface area (Å²) in [4.78, 5) is -0.151. The van der Waals surface area contributed by atoms with Gasteiger partial charge in [0.2, 0.25) is 0 Å². The first-order chi connectivity index (χ1) is 19.8. The van der Waals surface area contributed by atoms with Crippen LogP contribution < -0.4 is 15.4 Å². The summed E-state index contributed by atoms with van der Waals surface area (Å²) in [5.74, 6) is 1.20. The Kier molecular flexibility index (Phi) is 9.14. The highest BCUT2D eigenvalue weighted by atomic mass is 32.2. The second-order valence-electron chi connectivity index (χ2n) is 11.0. The van der Waals surface area contributed by atoms with Gasteiger partial charge >= 0.3 is 0 Å². The Balaban J connectivity index is 1.90. The molecule has 1 heterocycles. The number of nitrogens with one attached hydrogen (secondary N) is 2. The first kappa shape index (κ1) is 30.9. The van der Waals surface area contributed by atoms with E-state index in [1.807, 2.05) is 50.3 Å². The second kappa shape index (κ2) is 12.4. The van der Waals surface area contributed by atoms with Gasteiger partial charge in [0, 0.05) is 45.4 Å². The van der Waals surface area contributed by atoms with Crippen LogP contribution in [-0.4, -0.2) is 19.0 Å². The molecule has 1 aliphatic carbocycles. The van der Waals surface area contributed by atoms with Gasteiger partial charge in [-0.15, -0.1) is 0 Å². The molecule has 7 heteroatoms. The lowest BCUT2D eigenvalue weighted by molar-refractivity contribution is 0.426. The Morgan fingerprint density at radius 1 is 0.881 bits per heavy atom. The van der Waals surface area contributed by atoms with Crippen LogP contribution >= 0.6 is 0 Å². The molecule has 1 aliphatic heterocycles. The molecule has 2 aliphatic rings. The van der Waals surface area contributed by atoms with Gasteiger partial charge in [-0.25, -0.2) is 0 Å². The van der Waals surface area contributed by atoms with Crippen molar-refractivity contribution in [2.24, 2.45) is 0 Å². The topological polar surface area (TPSA) is 87.7 Å². The minimum Gasteiger partial charge on any atom is -0.456 e. The molecule has 0 aromatic heterocycles. The van der Waals surface area contributed by atoms with Crippen LogP contribution in [0.3, 0.4) is 0 Å². The van der Waals surface area contributed by atoms with Crippen LogP contribution in [0, 0.1) is 0 Å². The van der Waals surface area contributed by atoms with Gasteiger partial charge in [0.05, 0.1) is 6.04 Å². The maximum atomic E-state index is 12.5. The molecule has 0 amide bonds. The number of rotatable bonds is 8. The number of fused-ring (bicyclic) bond motifs is 2. The molecule has 1 atom stereocenters. The fourth-order valence-electron chi connectivity index (χ4n) is 5.19. The number of anilines is 1. The summed E-state index contributed by atoms with van der Waals surface area (Å²) in [6, 6.07) is 12.2. The number of allylic oxidation sites excluding steroid dienone is 7. The monoisotopic (exact) mass is 584 g/mol. The molecule has 0 saturated carbocycles. The zero-order valence-electron chi connectivity index (χ0n) is 25.6. The Labute approximate surface area is 250 Å². The predicted octanol–water partition coefficient (Wildman–Crippen LogP) is 8.47. The van der Waals surface area contributed by atoms with Crippen LogP contribution in [0.4, 0.5) is 5.69 Å². The quantitative estimate of drug-likeness (QED) is 0.213. The maximum Gasteiger partial charge on any atom is 0.295 e. The predicted molar refractivity (Wildman–Crippen MR) is 173 cm³/mol. The molecule has 0 fully saturated rings. The van der Waals surface area contributed by atoms with Gasteiger partial charge in [0.25, 0.3) is 10.1 Å². The highest BCUT2D eigenvalue weighted by molar-refractivity contribution is 7.86. The Morgan fingerprint density at radius 2 is 1.52 bits per heavy atom. The molecule has 42 heavy (non-hydrogen) atoms. The third-order valence-electron chi connectivity index (χ3n) is 7.48. The van der Waals surface area contributed by atoms with Crippen molar-refractivity contribution in [1.29, 1.82) is 0 Å². The molecule has 1 unspecified atom stereocenters. The van der Waals surface area contributed by atoms with E-state index in [4.69, 9.17) is 4.74 Å². The zero-order valence-corrected chi connectivity index (χ0v) is 26.4. The molecule has 220 valence electrons. The molecule has 0 radical (unpaired) electrons. The van der Waals surface area contributed by atoms with Gasteiger partial charge in [-0.2, -0.15) is 8.42 Å². The molecular weight excluding hydrogens is 544 g/mol. The SMILES string of the molecule is C/C=C(/C)C(Nc1ccc2c(c1)OC1=CC(NC(=C(C)C)/C(C)=C\C)C=CC1=C2c1ccccc1S(=O)(=O)O)=C(C)C. The van der Waals surface area contributed by atoms with E-state index in [0.29, 0.717) is 22.6 Å². The Hall–Kier alpha value is -4.07. The van der Waals surface area contributed by atoms with Crippen LogP contribution in [0.5, 0.6) is 5.75 Å². The van der Waals surface area contributed by atoms with Gasteiger partial charge in [0.1, 0.15) is 16.4 Å². The number of benzene rings is 2. The van der Waals surface area contributed by atoms with E-state index in [0.717, 1.165) is 44.9 Å². The third-order valence-corrected chi connectivity index (χ3v) is 8.39. The lowest BCUT2D eigenvalue weighted by Crippen LogP contribution is -2.29. The summed E-state index contributed by atoms with van der Waals surface area (Å²) in [7, 11) is -4.49. The van der Waals surface area contributed by atoms with E-state index in [9.17, 15) is 13.0 Å². The van der Waals surface area contributed by atoms with E-state index >= 15 is 0 Å². The van der Waals surface area contributed by atoms with Crippen molar-refractivity contribution >= 4 is 21.4 Å². The first-order valence-corrected chi connectivity index (χ1v) is 15.5. The van der Waals surface area contributed by atoms with E-state index in [2.05, 4.69) is 64.3 Å². The van der Waals surface area contributed by atoms with Crippen molar-refractivity contribution in [1.82, 2.24) is 5.32 Å². The van der Waals surface area contributed by atoms with Gasteiger partial charge in [0.15, 0.2) is 0 Å². The molecule has 3 N–H and O–H groups in total. The van der Waals surface area contributed by atoms with Crippen LogP contribution in [0.25, 0.3) is 5.57 Å². The van der Waals surface area contributed by atoms with E-state index < -0.39 is 10.1 Å². The minimum atomic E-state index is -4.49. The molecule has 0 saturated heterocycles. The van der Waals surface area contributed by atoms with Gasteiger partial charge < -0.3 is 15.4 Å². The lowest BCUT2D eigenvalue weighted by atomic mass is 9.87. The molecule has 6 nitrogen and oxygen atoms in total. The zero-order chi connectivity index (χ0) is 30.8. The average molecular weight is 585 g/mol. The van der Waals surface area contributed by atoms with Crippen molar-refractivity contribution < 1.29 is 17.7 Å². The number of hydrogen-bond acceptors (Lipinski definition) is 5. The summed E-state index contributed by atoms with van der Waals surface area (Å²) in [6.45, 7) is 16.4. The number of hydrogen-bond donors (Lipinski definition) is 3. The van der Waals surface area contributed by atoms with Gasteiger partial charge in [-0.1, -0.05) is 53.6 Å². The largest absolute Gasteiger partial charge is 0.456 e. The highest BCUT2D eigenvalue weighted by Crippen LogP contribution is 2.45. The molecule has 2 aromatic rings. The minimum absolute atomic E-state index is 0.151. The van der Waals surface area contributed by atoms with E-state index in [1.165, 1.54) is 11.6 Å². The maximum absolute atomic E-state index is 12.5. The standard InChI is InChI=1S/C35H40N2O4S/c1-9-23(7)34(21(3)4)36-25-15-17-27-30(19-25)41-31-20-26(37-35(22(5)6)24(8)10-2)16-18-28(31)33(27)29-13-11-12-14-32(29)42(38,39)40/h9-20,25,36-37H,1-8H3,(H,38,39,40)/b23-9-,24-10-. The van der Waals surface area contributed by atoms with Crippen LogP contribution in [0.2, 0.25) is 0 Å². The van der Waals surface area contributed by atoms with Crippen LogP contribution in [0.15, 0.2) is 123 Å². The normalized spacial score (nSPS) is 16.6. The van der Waals surface area contributed by atoms with Crippen LogP contribution in [0.1, 0.15) is 66.5 Å². The van der Waals surface area contributed by atoms with Crippen molar-refractivity contribution in [3.05, 3.63) is 129 Å². The van der Waals surface area contributed by atoms with Gasteiger partial charge in [-0.3, -0.25) is 4.55 Å². The van der Waals surface area contributed by atoms with Crippen molar-refractivity contribution in [3.8, 4) is 5.75 Å². The summed E-state index contributed by atoms with van der Waals surface area (Å²) in [5.41, 5.74) is 10.1. The van der Waals surface area contributed by atoms with Crippen molar-refractivity contribution in [3.63, 3.8) is 0 Å². The summed E-state index contributed by atoms with van der Waals surface area (Å²) in [6.07, 6.45) is 10.1. The molecule has 0 bridgehead atoms. The van der Waals surface area contributed by atoms with E-state index in [1.54, 1.807) is 18.2 Å². The van der Waals surface area contributed by atoms with Crippen molar-refractivity contribution in [2.45, 2.75) is 66.3 Å². The highest BCUT2D eigenvalue weighted by Gasteiger charge is 2.30. The molecule has 4 rings (SSSR count). The Bertz CT molecular complexity index is 1740. The summed E-state index contributed by atoms with van der Waals surface area (Å²) < 4.78 is 41.6. The van der Waals surface area contributed by atoms with Gasteiger partial charge in [-0.05, 0) is 90.8 Å². The third kappa shape index (κ3) is 6.37. The molecule has 2 aromatic carbocycles. The smallest absolute Gasteiger partial charge is 0.295 e. The fraction of sp³-hybridized carbons (Fsp3) is 0.257. The summed E-state index contributed by atoms with van der Waals surface area (Å²) >= 11 is 0. The van der Waals surface area contributed by atoms with E-state index in [-0.39, 0.29) is 10.9 Å². The van der Waals surface area contributed by atoms with Crippen LogP contribution in [-0.2, 0) is 10.1 Å². The molecular formula is C35H40N2O4S. The second-order valence-corrected chi connectivity index (χ2v) is 12.3. The van der Waals surface area contributed by atoms with Crippen molar-refractivity contribution in [2.75, 3.05) is 5.32 Å².